The molecule has 4 rings (SSSR count). The molecule has 1 aliphatic carbocycles. The SMILES string of the molecule is CC1=C(N(N)c2ccc(F)cc2)C=C2CCN(Sc3ccc(C(C)(C)C)cc3)CC2(CNCCO)C1. The van der Waals surface area contributed by atoms with E-state index in [2.05, 4.69) is 67.7 Å². The minimum Gasteiger partial charge on any atom is -0.395 e. The van der Waals surface area contributed by atoms with Crippen molar-refractivity contribution in [3.63, 3.8) is 0 Å². The van der Waals surface area contributed by atoms with E-state index >= 15 is 0 Å². The van der Waals surface area contributed by atoms with Gasteiger partial charge in [0.2, 0.25) is 0 Å². The summed E-state index contributed by atoms with van der Waals surface area (Å²) in [6.07, 6.45) is 4.06. The molecule has 1 heterocycles. The second-order valence-electron chi connectivity index (χ2n) is 11.0. The summed E-state index contributed by atoms with van der Waals surface area (Å²) in [6.45, 7) is 12.2. The zero-order chi connectivity index (χ0) is 25.9. The topological polar surface area (TPSA) is 64.8 Å². The van der Waals surface area contributed by atoms with Gasteiger partial charge in [-0.15, -0.1) is 0 Å². The van der Waals surface area contributed by atoms with Crippen LogP contribution in [0.3, 0.4) is 0 Å². The van der Waals surface area contributed by atoms with Gasteiger partial charge >= 0.3 is 0 Å². The molecule has 1 saturated heterocycles. The second-order valence-corrected chi connectivity index (χ2v) is 12.2. The lowest BCUT2D eigenvalue weighted by molar-refractivity contribution is 0.204. The minimum absolute atomic E-state index is 0.0665. The van der Waals surface area contributed by atoms with Gasteiger partial charge in [0.25, 0.3) is 0 Å². The summed E-state index contributed by atoms with van der Waals surface area (Å²) in [5.41, 5.74) is 5.75. The number of rotatable bonds is 8. The Kier molecular flexibility index (Phi) is 8.27. The number of fused-ring (bicyclic) bond motifs is 1. The van der Waals surface area contributed by atoms with Crippen LogP contribution in [0.5, 0.6) is 0 Å². The Morgan fingerprint density at radius 2 is 1.83 bits per heavy atom. The Balaban J connectivity index is 1.55. The lowest BCUT2D eigenvalue weighted by Crippen LogP contribution is -2.50. The highest BCUT2D eigenvalue weighted by Gasteiger charge is 2.42. The zero-order valence-electron chi connectivity index (χ0n) is 21.9. The van der Waals surface area contributed by atoms with Crippen LogP contribution in [0.15, 0.2) is 76.3 Å². The number of aliphatic hydroxyl groups excluding tert-OH is 1. The lowest BCUT2D eigenvalue weighted by Gasteiger charge is -2.47. The number of nitrogens with zero attached hydrogens (tertiary/aromatic N) is 2. The molecule has 0 aromatic heterocycles. The van der Waals surface area contributed by atoms with Crippen molar-refractivity contribution in [1.29, 1.82) is 0 Å². The van der Waals surface area contributed by atoms with Crippen LogP contribution in [-0.4, -0.2) is 42.2 Å². The largest absolute Gasteiger partial charge is 0.395 e. The van der Waals surface area contributed by atoms with Gasteiger partial charge in [-0.2, -0.15) is 0 Å². The van der Waals surface area contributed by atoms with Crippen LogP contribution < -0.4 is 16.2 Å². The van der Waals surface area contributed by atoms with Crippen LogP contribution in [0.1, 0.15) is 46.1 Å². The molecule has 1 aliphatic heterocycles. The number of nitrogens with one attached hydrogen (secondary N) is 1. The van der Waals surface area contributed by atoms with Crippen molar-refractivity contribution in [2.24, 2.45) is 11.3 Å². The van der Waals surface area contributed by atoms with Crippen molar-refractivity contribution in [2.45, 2.75) is 50.8 Å². The van der Waals surface area contributed by atoms with Gasteiger partial charge in [-0.25, -0.2) is 14.5 Å². The van der Waals surface area contributed by atoms with Crippen molar-refractivity contribution < 1.29 is 9.50 Å². The Morgan fingerprint density at radius 1 is 1.14 bits per heavy atom. The monoisotopic (exact) mass is 510 g/mol. The summed E-state index contributed by atoms with van der Waals surface area (Å²) in [5.74, 6) is 6.24. The number of piperidine rings is 1. The van der Waals surface area contributed by atoms with E-state index in [9.17, 15) is 9.50 Å². The lowest BCUT2D eigenvalue weighted by atomic mass is 9.68. The summed E-state index contributed by atoms with van der Waals surface area (Å²) in [6, 6.07) is 15.2. The number of aliphatic hydroxyl groups is 1. The molecule has 7 heteroatoms. The number of nitrogens with two attached hydrogens (primary N) is 1. The summed E-state index contributed by atoms with van der Waals surface area (Å²) < 4.78 is 15.9. The second kappa shape index (κ2) is 11.1. The van der Waals surface area contributed by atoms with E-state index in [1.807, 2.05) is 11.9 Å². The maximum Gasteiger partial charge on any atom is 0.123 e. The average molecular weight is 511 g/mol. The van der Waals surface area contributed by atoms with E-state index < -0.39 is 0 Å². The highest BCUT2D eigenvalue weighted by atomic mass is 32.2. The molecule has 2 aliphatic rings. The fourth-order valence-corrected chi connectivity index (χ4v) is 6.26. The highest BCUT2D eigenvalue weighted by molar-refractivity contribution is 7.97. The molecule has 1 atom stereocenters. The Morgan fingerprint density at radius 3 is 2.47 bits per heavy atom. The molecule has 4 N–H and O–H groups in total. The van der Waals surface area contributed by atoms with Crippen LogP contribution in [0.25, 0.3) is 0 Å². The summed E-state index contributed by atoms with van der Waals surface area (Å²) >= 11 is 1.83. The van der Waals surface area contributed by atoms with Gasteiger partial charge in [-0.1, -0.05) is 38.5 Å². The maximum atomic E-state index is 13.4. The molecule has 2 aromatic carbocycles. The third-order valence-electron chi connectivity index (χ3n) is 7.21. The number of allylic oxidation sites excluding steroid dienone is 2. The van der Waals surface area contributed by atoms with E-state index in [4.69, 9.17) is 5.84 Å². The normalized spacial score (nSPS) is 20.8. The van der Waals surface area contributed by atoms with Gasteiger partial charge in [-0.3, -0.25) is 5.01 Å². The van der Waals surface area contributed by atoms with Crippen molar-refractivity contribution in [1.82, 2.24) is 9.62 Å². The smallest absolute Gasteiger partial charge is 0.123 e. The summed E-state index contributed by atoms with van der Waals surface area (Å²) in [5, 5.41) is 14.5. The Hall–Kier alpha value is -2.16. The molecule has 0 radical (unpaired) electrons. The Bertz CT molecular complexity index is 1110. The van der Waals surface area contributed by atoms with E-state index in [1.54, 1.807) is 17.1 Å². The van der Waals surface area contributed by atoms with E-state index in [-0.39, 0.29) is 23.3 Å². The number of benzene rings is 2. The van der Waals surface area contributed by atoms with E-state index in [0.717, 1.165) is 43.9 Å². The van der Waals surface area contributed by atoms with Gasteiger partial charge in [0.15, 0.2) is 0 Å². The number of halogens is 1. The van der Waals surface area contributed by atoms with Crippen molar-refractivity contribution in [3.8, 4) is 0 Å². The third kappa shape index (κ3) is 6.03. The fraction of sp³-hybridized carbons (Fsp3) is 0.448. The molecule has 1 unspecified atom stereocenters. The number of hydrazine groups is 1. The van der Waals surface area contributed by atoms with Crippen LogP contribution in [0.2, 0.25) is 0 Å². The van der Waals surface area contributed by atoms with E-state index in [0.29, 0.717) is 6.54 Å². The molecule has 1 fully saturated rings. The van der Waals surface area contributed by atoms with Gasteiger partial charge in [0.1, 0.15) is 5.82 Å². The predicted octanol–water partition coefficient (Wildman–Crippen LogP) is 5.39. The fourth-order valence-electron chi connectivity index (χ4n) is 5.21. The first-order chi connectivity index (χ1) is 17.1. The first-order valence-electron chi connectivity index (χ1n) is 12.7. The molecule has 0 saturated carbocycles. The number of anilines is 1. The van der Waals surface area contributed by atoms with Gasteiger partial charge in [0, 0.05) is 36.5 Å². The molecule has 0 bridgehead atoms. The molecule has 2 aromatic rings. The minimum atomic E-state index is -0.272. The standard InChI is InChI=1S/C29H39FN4OS/c1-21-18-29(19-32-14-16-35)20-33(36-26-11-5-22(6-12-26)28(2,3)4)15-13-23(29)17-27(21)34(31)25-9-7-24(30)8-10-25/h5-12,17,32,35H,13-16,18-20,31H2,1-4H3. The molecule has 5 nitrogen and oxygen atoms in total. The van der Waals surface area contributed by atoms with Gasteiger partial charge in [0.05, 0.1) is 18.0 Å². The number of hydrogen-bond acceptors (Lipinski definition) is 6. The summed E-state index contributed by atoms with van der Waals surface area (Å²) in [7, 11) is 0. The first-order valence-corrected chi connectivity index (χ1v) is 13.4. The predicted molar refractivity (Wildman–Crippen MR) is 148 cm³/mol. The van der Waals surface area contributed by atoms with E-state index in [1.165, 1.54) is 33.7 Å². The van der Waals surface area contributed by atoms with Crippen molar-refractivity contribution >= 4 is 17.6 Å². The average Bonchev–Trinajstić information content (AvgIpc) is 2.83. The Labute approximate surface area is 219 Å². The summed E-state index contributed by atoms with van der Waals surface area (Å²) in [4.78, 5) is 1.25. The first kappa shape index (κ1) is 26.9. The number of hydrogen-bond donors (Lipinski definition) is 3. The van der Waals surface area contributed by atoms with Crippen LogP contribution in [0.4, 0.5) is 10.1 Å². The van der Waals surface area contributed by atoms with Gasteiger partial charge in [-0.05, 0) is 90.7 Å². The molecule has 36 heavy (non-hydrogen) atoms. The molecule has 0 amide bonds. The molecule has 0 spiro atoms. The molecule has 194 valence electrons. The van der Waals surface area contributed by atoms with Crippen molar-refractivity contribution in [3.05, 3.63) is 82.8 Å². The maximum absolute atomic E-state index is 13.4. The third-order valence-corrected chi connectivity index (χ3v) is 8.27. The van der Waals surface area contributed by atoms with Crippen LogP contribution >= 0.6 is 11.9 Å². The van der Waals surface area contributed by atoms with Crippen LogP contribution in [-0.2, 0) is 5.41 Å². The molecular weight excluding hydrogens is 471 g/mol. The molecular formula is C29H39FN4OS. The van der Waals surface area contributed by atoms with Crippen LogP contribution in [0, 0.1) is 11.2 Å². The van der Waals surface area contributed by atoms with Crippen molar-refractivity contribution in [2.75, 3.05) is 37.8 Å². The highest BCUT2D eigenvalue weighted by Crippen LogP contribution is 2.47. The zero-order valence-corrected chi connectivity index (χ0v) is 22.7. The quantitative estimate of drug-likeness (QED) is 0.192. The van der Waals surface area contributed by atoms with Gasteiger partial charge < -0.3 is 10.4 Å².